The number of methoxy groups -OCH3 is 1. The SMILES string of the molecule is COc1cnn(C(C)C)c1C(NN)c1c(F)cccc1Cl. The fourth-order valence-corrected chi connectivity index (χ4v) is 2.56. The van der Waals surface area contributed by atoms with E-state index in [1.807, 2.05) is 13.8 Å². The molecular formula is C14H18ClFN4O. The monoisotopic (exact) mass is 312 g/mol. The van der Waals surface area contributed by atoms with Gasteiger partial charge < -0.3 is 4.74 Å². The second kappa shape index (κ2) is 6.43. The topological polar surface area (TPSA) is 65.1 Å². The first kappa shape index (κ1) is 15.8. The Hall–Kier alpha value is -1.63. The van der Waals surface area contributed by atoms with Crippen LogP contribution < -0.4 is 16.0 Å². The first-order chi connectivity index (χ1) is 10.0. The number of benzene rings is 1. The summed E-state index contributed by atoms with van der Waals surface area (Å²) in [7, 11) is 1.53. The summed E-state index contributed by atoms with van der Waals surface area (Å²) in [6, 6.07) is 3.90. The number of nitrogens with two attached hydrogens (primary N) is 1. The first-order valence-corrected chi connectivity index (χ1v) is 6.90. The lowest BCUT2D eigenvalue weighted by molar-refractivity contribution is 0.392. The Labute approximate surface area is 127 Å². The van der Waals surface area contributed by atoms with Crippen LogP contribution in [0.25, 0.3) is 0 Å². The molecule has 0 aliphatic carbocycles. The molecule has 21 heavy (non-hydrogen) atoms. The maximum atomic E-state index is 14.2. The van der Waals surface area contributed by atoms with Crippen molar-refractivity contribution in [2.45, 2.75) is 25.9 Å². The summed E-state index contributed by atoms with van der Waals surface area (Å²) in [6.45, 7) is 3.93. The maximum Gasteiger partial charge on any atom is 0.161 e. The molecule has 0 aliphatic heterocycles. The molecule has 114 valence electrons. The minimum absolute atomic E-state index is 0.0605. The second-order valence-corrected chi connectivity index (χ2v) is 5.28. The predicted molar refractivity (Wildman–Crippen MR) is 79.7 cm³/mol. The van der Waals surface area contributed by atoms with Gasteiger partial charge in [0.25, 0.3) is 0 Å². The summed E-state index contributed by atoms with van der Waals surface area (Å²) >= 11 is 6.14. The van der Waals surface area contributed by atoms with Crippen LogP contribution >= 0.6 is 11.6 Å². The fraction of sp³-hybridized carbons (Fsp3) is 0.357. The molecule has 0 radical (unpaired) electrons. The smallest absolute Gasteiger partial charge is 0.161 e. The van der Waals surface area contributed by atoms with Crippen molar-refractivity contribution >= 4 is 11.6 Å². The highest BCUT2D eigenvalue weighted by Gasteiger charge is 2.27. The van der Waals surface area contributed by atoms with Crippen molar-refractivity contribution in [3.8, 4) is 5.75 Å². The molecule has 1 aromatic heterocycles. The van der Waals surface area contributed by atoms with Crippen LogP contribution in [0.5, 0.6) is 5.75 Å². The Morgan fingerprint density at radius 2 is 2.14 bits per heavy atom. The Morgan fingerprint density at radius 1 is 1.43 bits per heavy atom. The Balaban J connectivity index is 2.64. The molecule has 0 saturated carbocycles. The predicted octanol–water partition coefficient (Wildman–Crippen LogP) is 2.82. The molecule has 0 aliphatic rings. The van der Waals surface area contributed by atoms with Gasteiger partial charge in [0.15, 0.2) is 5.75 Å². The average molecular weight is 313 g/mol. The minimum atomic E-state index is -0.668. The Bertz CT molecular complexity index is 609. The van der Waals surface area contributed by atoms with E-state index < -0.39 is 11.9 Å². The van der Waals surface area contributed by atoms with E-state index in [1.54, 1.807) is 23.0 Å². The number of hydrogen-bond acceptors (Lipinski definition) is 4. The highest BCUT2D eigenvalue weighted by atomic mass is 35.5. The molecule has 0 bridgehead atoms. The lowest BCUT2D eigenvalue weighted by Gasteiger charge is -2.22. The largest absolute Gasteiger partial charge is 0.493 e. The van der Waals surface area contributed by atoms with Crippen molar-refractivity contribution in [1.82, 2.24) is 15.2 Å². The van der Waals surface area contributed by atoms with Gasteiger partial charge in [-0.2, -0.15) is 5.10 Å². The number of hydrogen-bond donors (Lipinski definition) is 2. The van der Waals surface area contributed by atoms with Gasteiger partial charge in [-0.3, -0.25) is 10.5 Å². The van der Waals surface area contributed by atoms with Crippen molar-refractivity contribution in [1.29, 1.82) is 0 Å². The zero-order valence-corrected chi connectivity index (χ0v) is 12.9. The van der Waals surface area contributed by atoms with E-state index in [0.29, 0.717) is 11.4 Å². The molecule has 5 nitrogen and oxygen atoms in total. The highest BCUT2D eigenvalue weighted by molar-refractivity contribution is 6.31. The third kappa shape index (κ3) is 2.88. The van der Waals surface area contributed by atoms with Gasteiger partial charge in [-0.1, -0.05) is 17.7 Å². The summed E-state index contributed by atoms with van der Waals surface area (Å²) in [5, 5.41) is 4.56. The molecule has 0 saturated heterocycles. The van der Waals surface area contributed by atoms with Crippen molar-refractivity contribution in [2.24, 2.45) is 5.84 Å². The average Bonchev–Trinajstić information content (AvgIpc) is 2.86. The molecule has 1 heterocycles. The number of halogens is 2. The molecule has 3 N–H and O–H groups in total. The number of hydrazine groups is 1. The van der Waals surface area contributed by atoms with E-state index >= 15 is 0 Å². The van der Waals surface area contributed by atoms with Crippen LogP contribution in [0.15, 0.2) is 24.4 Å². The van der Waals surface area contributed by atoms with E-state index in [9.17, 15) is 4.39 Å². The van der Waals surface area contributed by atoms with Crippen LogP contribution in [0.2, 0.25) is 5.02 Å². The van der Waals surface area contributed by atoms with Crippen LogP contribution in [0, 0.1) is 5.82 Å². The zero-order valence-electron chi connectivity index (χ0n) is 12.1. The van der Waals surface area contributed by atoms with Gasteiger partial charge >= 0.3 is 0 Å². The van der Waals surface area contributed by atoms with E-state index in [-0.39, 0.29) is 16.6 Å². The molecule has 1 unspecified atom stereocenters. The second-order valence-electron chi connectivity index (χ2n) is 4.87. The summed E-state index contributed by atoms with van der Waals surface area (Å²) in [5.74, 6) is 5.73. The number of nitrogens with zero attached hydrogens (tertiary/aromatic N) is 2. The van der Waals surface area contributed by atoms with E-state index in [2.05, 4.69) is 10.5 Å². The number of rotatable bonds is 5. The van der Waals surface area contributed by atoms with Crippen LogP contribution in [0.4, 0.5) is 4.39 Å². The van der Waals surface area contributed by atoms with Gasteiger partial charge in [-0.15, -0.1) is 0 Å². The summed E-state index contributed by atoms with van der Waals surface area (Å²) in [6.07, 6.45) is 1.58. The third-order valence-corrected chi connectivity index (χ3v) is 3.57. The molecule has 2 aromatic rings. The van der Waals surface area contributed by atoms with Crippen molar-refractivity contribution in [3.05, 3.63) is 46.5 Å². The van der Waals surface area contributed by atoms with Gasteiger partial charge in [-0.25, -0.2) is 9.82 Å². The van der Waals surface area contributed by atoms with E-state index in [0.717, 1.165) is 0 Å². The molecule has 0 spiro atoms. The first-order valence-electron chi connectivity index (χ1n) is 6.52. The normalized spacial score (nSPS) is 12.7. The molecule has 7 heteroatoms. The van der Waals surface area contributed by atoms with Gasteiger partial charge in [0, 0.05) is 16.6 Å². The Morgan fingerprint density at radius 3 is 2.67 bits per heavy atom. The fourth-order valence-electron chi connectivity index (χ4n) is 2.28. The van der Waals surface area contributed by atoms with Gasteiger partial charge in [0.05, 0.1) is 19.3 Å². The van der Waals surface area contributed by atoms with Gasteiger partial charge in [-0.05, 0) is 26.0 Å². The summed E-state index contributed by atoms with van der Waals surface area (Å²) < 4.78 is 21.2. The standard InChI is InChI=1S/C14H18ClFN4O/c1-8(2)20-14(11(21-3)7-18-20)13(19-17)12-9(15)5-4-6-10(12)16/h4-8,13,19H,17H2,1-3H3. The van der Waals surface area contributed by atoms with Gasteiger partial charge in [0.1, 0.15) is 11.5 Å². The van der Waals surface area contributed by atoms with Crippen molar-refractivity contribution < 1.29 is 9.13 Å². The third-order valence-electron chi connectivity index (χ3n) is 3.24. The van der Waals surface area contributed by atoms with Crippen LogP contribution in [-0.4, -0.2) is 16.9 Å². The number of ether oxygens (including phenoxy) is 1. The minimum Gasteiger partial charge on any atom is -0.493 e. The van der Waals surface area contributed by atoms with Crippen molar-refractivity contribution in [3.63, 3.8) is 0 Å². The van der Waals surface area contributed by atoms with Crippen LogP contribution in [0.1, 0.15) is 37.2 Å². The van der Waals surface area contributed by atoms with Crippen LogP contribution in [0.3, 0.4) is 0 Å². The molecule has 1 atom stereocenters. The molecule has 1 aromatic carbocycles. The van der Waals surface area contributed by atoms with E-state index in [1.165, 1.54) is 13.2 Å². The molecule has 2 rings (SSSR count). The number of nitrogens with one attached hydrogen (secondary N) is 1. The van der Waals surface area contributed by atoms with Gasteiger partial charge in [0.2, 0.25) is 0 Å². The maximum absolute atomic E-state index is 14.2. The number of aromatic nitrogens is 2. The molecule has 0 amide bonds. The van der Waals surface area contributed by atoms with Crippen molar-refractivity contribution in [2.75, 3.05) is 7.11 Å². The lowest BCUT2D eigenvalue weighted by atomic mass is 10.0. The lowest BCUT2D eigenvalue weighted by Crippen LogP contribution is -2.32. The van der Waals surface area contributed by atoms with E-state index in [4.69, 9.17) is 22.2 Å². The quantitative estimate of drug-likeness (QED) is 0.658. The summed E-state index contributed by atoms with van der Waals surface area (Å²) in [4.78, 5) is 0. The zero-order chi connectivity index (χ0) is 15.6. The highest BCUT2D eigenvalue weighted by Crippen LogP contribution is 2.35. The Kier molecular flexibility index (Phi) is 4.82. The van der Waals surface area contributed by atoms with Crippen LogP contribution in [-0.2, 0) is 0 Å². The summed E-state index contributed by atoms with van der Waals surface area (Å²) in [5.41, 5.74) is 3.50. The molecular weight excluding hydrogens is 295 g/mol. The molecule has 0 fully saturated rings.